The minimum atomic E-state index is -0.516. The summed E-state index contributed by atoms with van der Waals surface area (Å²) in [6.07, 6.45) is 8.11. The maximum absolute atomic E-state index is 12.4. The van der Waals surface area contributed by atoms with Crippen molar-refractivity contribution < 1.29 is 19.0 Å². The van der Waals surface area contributed by atoms with Crippen molar-refractivity contribution in [3.8, 4) is 17.4 Å². The molecule has 0 radical (unpaired) electrons. The Morgan fingerprint density at radius 2 is 1.83 bits per heavy atom. The van der Waals surface area contributed by atoms with E-state index in [9.17, 15) is 4.79 Å². The SMILES string of the molecule is Cc1cc(Nc2ncnc3ccc(OC4CCN(C(=O)OC(C)(C)C)CC4)nc23)ccc1Oc1ccn2ccnc2c1. The van der Waals surface area contributed by atoms with E-state index < -0.39 is 5.60 Å². The van der Waals surface area contributed by atoms with Crippen molar-refractivity contribution in [3.63, 3.8) is 0 Å². The average Bonchev–Trinajstić information content (AvgIpc) is 3.42. The number of amides is 1. The molecule has 1 saturated heterocycles. The van der Waals surface area contributed by atoms with Crippen LogP contribution in [0.15, 0.2) is 67.4 Å². The molecular weight excluding hydrogens is 534 g/mol. The first kappa shape index (κ1) is 27.3. The van der Waals surface area contributed by atoms with Gasteiger partial charge in [0.15, 0.2) is 5.82 Å². The molecule has 0 spiro atoms. The van der Waals surface area contributed by atoms with Gasteiger partial charge in [0.2, 0.25) is 5.88 Å². The number of nitrogens with zero attached hydrogens (tertiary/aromatic N) is 6. The normalized spacial score (nSPS) is 14.2. The van der Waals surface area contributed by atoms with Gasteiger partial charge in [-0.05, 0) is 63.6 Å². The molecular formula is C31H33N7O4. The smallest absolute Gasteiger partial charge is 0.410 e. The van der Waals surface area contributed by atoms with Crippen LogP contribution < -0.4 is 14.8 Å². The lowest BCUT2D eigenvalue weighted by atomic mass is 10.1. The van der Waals surface area contributed by atoms with Crippen LogP contribution in [0.5, 0.6) is 17.4 Å². The van der Waals surface area contributed by atoms with Crippen LogP contribution in [0.2, 0.25) is 0 Å². The van der Waals surface area contributed by atoms with Gasteiger partial charge in [0, 0.05) is 62.3 Å². The number of anilines is 2. The number of likely N-dealkylation sites (tertiary alicyclic amines) is 1. The number of aromatic nitrogens is 5. The number of carbonyl (C=O) groups excluding carboxylic acids is 1. The van der Waals surface area contributed by atoms with Crippen molar-refractivity contribution >= 4 is 34.3 Å². The number of nitrogens with one attached hydrogen (secondary N) is 1. The van der Waals surface area contributed by atoms with Crippen LogP contribution in [0.3, 0.4) is 0 Å². The number of hydrogen-bond acceptors (Lipinski definition) is 9. The Morgan fingerprint density at radius 1 is 1.00 bits per heavy atom. The van der Waals surface area contributed by atoms with E-state index in [1.807, 2.05) is 87.0 Å². The summed E-state index contributed by atoms with van der Waals surface area (Å²) in [5, 5.41) is 3.37. The van der Waals surface area contributed by atoms with Crippen LogP contribution in [0.25, 0.3) is 16.7 Å². The minimum Gasteiger partial charge on any atom is -0.474 e. The molecule has 0 saturated carbocycles. The number of aryl methyl sites for hydroxylation is 1. The summed E-state index contributed by atoms with van der Waals surface area (Å²) in [6.45, 7) is 8.74. The highest BCUT2D eigenvalue weighted by Gasteiger charge is 2.28. The van der Waals surface area contributed by atoms with Gasteiger partial charge in [-0.25, -0.2) is 24.7 Å². The van der Waals surface area contributed by atoms with Gasteiger partial charge in [0.25, 0.3) is 0 Å². The van der Waals surface area contributed by atoms with Crippen molar-refractivity contribution in [3.05, 3.63) is 72.9 Å². The van der Waals surface area contributed by atoms with Crippen LogP contribution in [0.4, 0.5) is 16.3 Å². The Balaban J connectivity index is 1.13. The Labute approximate surface area is 243 Å². The zero-order valence-electron chi connectivity index (χ0n) is 24.1. The van der Waals surface area contributed by atoms with Crippen molar-refractivity contribution in [1.82, 2.24) is 29.2 Å². The second kappa shape index (κ2) is 11.2. The molecule has 1 aliphatic rings. The molecule has 1 aliphatic heterocycles. The van der Waals surface area contributed by atoms with Gasteiger partial charge in [0.1, 0.15) is 40.7 Å². The van der Waals surface area contributed by atoms with E-state index in [1.54, 1.807) is 11.1 Å². The number of imidazole rings is 1. The number of piperidine rings is 1. The Kier molecular flexibility index (Phi) is 7.24. The Morgan fingerprint density at radius 3 is 2.62 bits per heavy atom. The zero-order chi connectivity index (χ0) is 29.3. The number of carbonyl (C=O) groups is 1. The molecule has 5 aromatic rings. The van der Waals surface area contributed by atoms with E-state index in [-0.39, 0.29) is 12.2 Å². The van der Waals surface area contributed by atoms with Crippen LogP contribution in [-0.4, -0.2) is 60.1 Å². The van der Waals surface area contributed by atoms with Gasteiger partial charge < -0.3 is 28.8 Å². The first-order valence-electron chi connectivity index (χ1n) is 13.9. The topological polar surface area (TPSA) is 116 Å². The highest BCUT2D eigenvalue weighted by atomic mass is 16.6. The standard InChI is InChI=1S/C31H33N7O4/c1-20-17-21(5-7-25(20)40-23-11-13-37-16-12-32-26(37)18-23)35-29-28-24(33-19-34-29)6-8-27(36-28)41-22-9-14-38(15-10-22)30(39)42-31(2,3)4/h5-8,11-13,16-19,22H,9-10,14-15H2,1-4H3,(H,33,34,35). The number of fused-ring (bicyclic) bond motifs is 2. The fourth-order valence-corrected chi connectivity index (χ4v) is 4.79. The number of benzene rings is 1. The molecule has 1 aromatic carbocycles. The number of rotatable bonds is 6. The third kappa shape index (κ3) is 6.19. The molecule has 1 N–H and O–H groups in total. The predicted molar refractivity (Wildman–Crippen MR) is 159 cm³/mol. The van der Waals surface area contributed by atoms with Gasteiger partial charge in [-0.15, -0.1) is 0 Å². The predicted octanol–water partition coefficient (Wildman–Crippen LogP) is 6.30. The molecule has 42 heavy (non-hydrogen) atoms. The third-order valence-electron chi connectivity index (χ3n) is 6.87. The van der Waals surface area contributed by atoms with Crippen LogP contribution >= 0.6 is 0 Å². The van der Waals surface area contributed by atoms with Gasteiger partial charge >= 0.3 is 6.09 Å². The monoisotopic (exact) mass is 567 g/mol. The number of ether oxygens (including phenoxy) is 3. The second-order valence-corrected chi connectivity index (χ2v) is 11.3. The van der Waals surface area contributed by atoms with Crippen LogP contribution in [0.1, 0.15) is 39.2 Å². The minimum absolute atomic E-state index is 0.0564. The molecule has 6 rings (SSSR count). The fraction of sp³-hybridized carbons (Fsp3) is 0.323. The maximum Gasteiger partial charge on any atom is 0.410 e. The number of hydrogen-bond donors (Lipinski definition) is 1. The quantitative estimate of drug-likeness (QED) is 0.252. The highest BCUT2D eigenvalue weighted by Crippen LogP contribution is 2.30. The number of pyridine rings is 2. The first-order valence-corrected chi connectivity index (χ1v) is 13.9. The summed E-state index contributed by atoms with van der Waals surface area (Å²) in [4.78, 5) is 32.0. The molecule has 0 unspecified atom stereocenters. The van der Waals surface area contributed by atoms with Crippen LogP contribution in [0, 0.1) is 6.92 Å². The lowest BCUT2D eigenvalue weighted by Crippen LogP contribution is -2.44. The summed E-state index contributed by atoms with van der Waals surface area (Å²) in [6, 6.07) is 13.3. The molecule has 1 amide bonds. The Hall–Kier alpha value is -4.93. The van der Waals surface area contributed by atoms with E-state index in [0.29, 0.717) is 54.4 Å². The summed E-state index contributed by atoms with van der Waals surface area (Å²) in [5.74, 6) is 2.52. The fourth-order valence-electron chi connectivity index (χ4n) is 4.79. The molecule has 1 fully saturated rings. The van der Waals surface area contributed by atoms with E-state index in [1.165, 1.54) is 6.33 Å². The Bertz CT molecular complexity index is 1740. The van der Waals surface area contributed by atoms with E-state index in [4.69, 9.17) is 19.2 Å². The summed E-state index contributed by atoms with van der Waals surface area (Å²) < 4.78 is 19.8. The van der Waals surface area contributed by atoms with Crippen molar-refractivity contribution in [2.75, 3.05) is 18.4 Å². The molecule has 0 bridgehead atoms. The lowest BCUT2D eigenvalue weighted by Gasteiger charge is -2.33. The first-order chi connectivity index (χ1) is 20.2. The van der Waals surface area contributed by atoms with E-state index >= 15 is 0 Å². The van der Waals surface area contributed by atoms with Crippen LogP contribution in [-0.2, 0) is 4.74 Å². The summed E-state index contributed by atoms with van der Waals surface area (Å²) in [7, 11) is 0. The van der Waals surface area contributed by atoms with Crippen molar-refractivity contribution in [1.29, 1.82) is 0 Å². The van der Waals surface area contributed by atoms with Gasteiger partial charge in [-0.2, -0.15) is 0 Å². The second-order valence-electron chi connectivity index (χ2n) is 11.3. The third-order valence-corrected chi connectivity index (χ3v) is 6.87. The summed E-state index contributed by atoms with van der Waals surface area (Å²) in [5.41, 5.74) is 3.40. The van der Waals surface area contributed by atoms with Gasteiger partial charge in [0.05, 0.1) is 5.52 Å². The molecule has 11 heteroatoms. The van der Waals surface area contributed by atoms with Gasteiger partial charge in [-0.3, -0.25) is 0 Å². The highest BCUT2D eigenvalue weighted by molar-refractivity contribution is 5.87. The zero-order valence-corrected chi connectivity index (χ0v) is 24.1. The molecule has 11 nitrogen and oxygen atoms in total. The largest absolute Gasteiger partial charge is 0.474 e. The molecule has 4 aromatic heterocycles. The maximum atomic E-state index is 12.4. The summed E-state index contributed by atoms with van der Waals surface area (Å²) >= 11 is 0. The molecule has 0 atom stereocenters. The van der Waals surface area contributed by atoms with Gasteiger partial charge in [-0.1, -0.05) is 0 Å². The molecule has 5 heterocycles. The molecule has 216 valence electrons. The van der Waals surface area contributed by atoms with Crippen molar-refractivity contribution in [2.24, 2.45) is 0 Å². The molecule has 0 aliphatic carbocycles. The lowest BCUT2D eigenvalue weighted by molar-refractivity contribution is 0.0123. The van der Waals surface area contributed by atoms with Crippen molar-refractivity contribution in [2.45, 2.75) is 52.2 Å². The van der Waals surface area contributed by atoms with E-state index in [0.717, 1.165) is 22.6 Å². The average molecular weight is 568 g/mol. The van der Waals surface area contributed by atoms with E-state index in [2.05, 4.69) is 20.3 Å².